The third kappa shape index (κ3) is 6.68. The lowest BCUT2D eigenvalue weighted by Gasteiger charge is -2.22. The van der Waals surface area contributed by atoms with E-state index in [1.165, 1.54) is 0 Å². The predicted octanol–water partition coefficient (Wildman–Crippen LogP) is 0.751. The monoisotopic (exact) mass is 203 g/mol. The summed E-state index contributed by atoms with van der Waals surface area (Å²) < 4.78 is 5.01. The van der Waals surface area contributed by atoms with E-state index >= 15 is 0 Å². The first kappa shape index (κ1) is 13.2. The van der Waals surface area contributed by atoms with Crippen molar-refractivity contribution in [2.24, 2.45) is 5.73 Å². The first-order valence-corrected chi connectivity index (χ1v) is 4.72. The van der Waals surface area contributed by atoms with E-state index in [1.54, 1.807) is 0 Å². The summed E-state index contributed by atoms with van der Waals surface area (Å²) in [5.74, 6) is 0. The van der Waals surface area contributed by atoms with Gasteiger partial charge in [-0.3, -0.25) is 5.43 Å². The number of rotatable bonds is 3. The number of ether oxygens (including phenoxy) is 1. The molecular weight excluding hydrogens is 182 g/mol. The third-order valence-corrected chi connectivity index (χ3v) is 1.59. The second-order valence-corrected chi connectivity index (χ2v) is 4.42. The zero-order valence-electron chi connectivity index (χ0n) is 9.55. The van der Waals surface area contributed by atoms with Gasteiger partial charge in [0.1, 0.15) is 5.60 Å². The van der Waals surface area contributed by atoms with Gasteiger partial charge in [-0.25, -0.2) is 10.2 Å². The topological polar surface area (TPSA) is 76.4 Å². The van der Waals surface area contributed by atoms with Gasteiger partial charge in [0.25, 0.3) is 0 Å². The second kappa shape index (κ2) is 5.17. The van der Waals surface area contributed by atoms with Gasteiger partial charge >= 0.3 is 6.09 Å². The van der Waals surface area contributed by atoms with E-state index in [4.69, 9.17) is 10.5 Å². The lowest BCUT2D eigenvalue weighted by molar-refractivity contribution is 0.0487. The van der Waals surface area contributed by atoms with E-state index < -0.39 is 11.7 Å². The molecule has 5 nitrogen and oxygen atoms in total. The molecule has 1 amide bonds. The molecule has 0 aliphatic heterocycles. The van der Waals surface area contributed by atoms with Crippen LogP contribution in [0.25, 0.3) is 0 Å². The average Bonchev–Trinajstić information content (AvgIpc) is 1.96. The van der Waals surface area contributed by atoms with Gasteiger partial charge in [-0.1, -0.05) is 0 Å². The fourth-order valence-electron chi connectivity index (χ4n) is 0.608. The summed E-state index contributed by atoms with van der Waals surface area (Å²) >= 11 is 0. The molecule has 0 saturated carbocycles. The van der Waals surface area contributed by atoms with Gasteiger partial charge < -0.3 is 10.5 Å². The predicted molar refractivity (Wildman–Crippen MR) is 55.6 cm³/mol. The molecule has 4 N–H and O–H groups in total. The van der Waals surface area contributed by atoms with Crippen molar-refractivity contribution in [1.29, 1.82) is 0 Å². The summed E-state index contributed by atoms with van der Waals surface area (Å²) in [7, 11) is 0. The molecule has 0 heterocycles. The van der Waals surface area contributed by atoms with Crippen LogP contribution < -0.4 is 16.6 Å². The van der Waals surface area contributed by atoms with E-state index in [1.807, 2.05) is 34.6 Å². The van der Waals surface area contributed by atoms with Gasteiger partial charge in [0.15, 0.2) is 0 Å². The highest BCUT2D eigenvalue weighted by atomic mass is 16.6. The van der Waals surface area contributed by atoms with Crippen LogP contribution in [0.15, 0.2) is 0 Å². The SMILES string of the molecule is CC(N)C(C)NNC(=O)OC(C)(C)C. The number of amides is 1. The number of carbonyl (C=O) groups is 1. The fourth-order valence-corrected chi connectivity index (χ4v) is 0.608. The summed E-state index contributed by atoms with van der Waals surface area (Å²) in [5.41, 5.74) is 10.3. The molecule has 0 spiro atoms. The van der Waals surface area contributed by atoms with Gasteiger partial charge in [0, 0.05) is 12.1 Å². The molecule has 84 valence electrons. The Balaban J connectivity index is 3.75. The number of carbonyl (C=O) groups excluding carboxylic acids is 1. The molecule has 0 radical (unpaired) electrons. The molecule has 0 fully saturated rings. The maximum atomic E-state index is 11.1. The fraction of sp³-hybridized carbons (Fsp3) is 0.889. The number of hydrazine groups is 1. The van der Waals surface area contributed by atoms with Crippen molar-refractivity contribution in [2.75, 3.05) is 0 Å². The van der Waals surface area contributed by atoms with Crippen molar-refractivity contribution in [1.82, 2.24) is 10.9 Å². The Kier molecular flexibility index (Phi) is 4.87. The molecule has 0 aromatic rings. The maximum absolute atomic E-state index is 11.1. The molecule has 0 aromatic heterocycles. The molecule has 0 bridgehead atoms. The minimum Gasteiger partial charge on any atom is -0.443 e. The Morgan fingerprint density at radius 2 is 1.86 bits per heavy atom. The van der Waals surface area contributed by atoms with Gasteiger partial charge in [0.05, 0.1) is 0 Å². The standard InChI is InChI=1S/C9H21N3O2/c1-6(10)7(2)11-12-8(13)14-9(3,4)5/h6-7,11H,10H2,1-5H3,(H,12,13). The highest BCUT2D eigenvalue weighted by Crippen LogP contribution is 2.05. The van der Waals surface area contributed by atoms with Crippen LogP contribution in [0.2, 0.25) is 0 Å². The van der Waals surface area contributed by atoms with Gasteiger partial charge in [0.2, 0.25) is 0 Å². The van der Waals surface area contributed by atoms with Gasteiger partial charge in [-0.2, -0.15) is 0 Å². The van der Waals surface area contributed by atoms with Crippen LogP contribution >= 0.6 is 0 Å². The molecule has 0 saturated heterocycles. The summed E-state index contributed by atoms with van der Waals surface area (Å²) in [6.07, 6.45) is -0.495. The van der Waals surface area contributed by atoms with E-state index in [-0.39, 0.29) is 12.1 Å². The zero-order chi connectivity index (χ0) is 11.4. The second-order valence-electron chi connectivity index (χ2n) is 4.42. The first-order chi connectivity index (χ1) is 6.22. The summed E-state index contributed by atoms with van der Waals surface area (Å²) in [5, 5.41) is 0. The molecule has 0 aliphatic carbocycles. The van der Waals surface area contributed by atoms with Crippen molar-refractivity contribution in [3.8, 4) is 0 Å². The molecule has 2 atom stereocenters. The number of hydrogen-bond acceptors (Lipinski definition) is 4. The lowest BCUT2D eigenvalue weighted by atomic mass is 10.2. The van der Waals surface area contributed by atoms with Crippen LogP contribution in [0.3, 0.4) is 0 Å². The Morgan fingerprint density at radius 1 is 1.36 bits per heavy atom. The number of nitrogens with one attached hydrogen (secondary N) is 2. The molecule has 2 unspecified atom stereocenters. The minimum absolute atomic E-state index is 0.00233. The molecule has 0 rings (SSSR count). The number of hydrogen-bond donors (Lipinski definition) is 3. The van der Waals surface area contributed by atoms with Crippen LogP contribution in [0, 0.1) is 0 Å². The molecular formula is C9H21N3O2. The normalized spacial score (nSPS) is 15.9. The quantitative estimate of drug-likeness (QED) is 0.592. The summed E-state index contributed by atoms with van der Waals surface area (Å²) in [4.78, 5) is 11.1. The summed E-state index contributed by atoms with van der Waals surface area (Å²) in [6.45, 7) is 9.15. The van der Waals surface area contributed by atoms with Crippen molar-refractivity contribution in [3.63, 3.8) is 0 Å². The van der Waals surface area contributed by atoms with E-state index in [2.05, 4.69) is 10.9 Å². The Bertz CT molecular complexity index is 187. The zero-order valence-corrected chi connectivity index (χ0v) is 9.55. The van der Waals surface area contributed by atoms with Crippen LogP contribution in [0.4, 0.5) is 4.79 Å². The van der Waals surface area contributed by atoms with E-state index in [0.29, 0.717) is 0 Å². The van der Waals surface area contributed by atoms with Crippen molar-refractivity contribution >= 4 is 6.09 Å². The average molecular weight is 203 g/mol. The maximum Gasteiger partial charge on any atom is 0.422 e. The van der Waals surface area contributed by atoms with Crippen LogP contribution in [0.5, 0.6) is 0 Å². The molecule has 0 aromatic carbocycles. The molecule has 14 heavy (non-hydrogen) atoms. The number of nitrogens with two attached hydrogens (primary N) is 1. The Labute approximate surface area is 85.3 Å². The highest BCUT2D eigenvalue weighted by Gasteiger charge is 2.16. The molecule has 5 heteroatoms. The Hall–Kier alpha value is -0.810. The first-order valence-electron chi connectivity index (χ1n) is 4.72. The highest BCUT2D eigenvalue weighted by molar-refractivity contribution is 5.67. The minimum atomic E-state index is -0.495. The van der Waals surface area contributed by atoms with Crippen molar-refractivity contribution in [3.05, 3.63) is 0 Å². The van der Waals surface area contributed by atoms with Crippen LogP contribution in [-0.2, 0) is 4.74 Å². The molecule has 0 aliphatic rings. The summed E-state index contributed by atoms with van der Waals surface area (Å²) in [6, 6.07) is -0.0348. The van der Waals surface area contributed by atoms with E-state index in [9.17, 15) is 4.79 Å². The van der Waals surface area contributed by atoms with Crippen LogP contribution in [-0.4, -0.2) is 23.8 Å². The lowest BCUT2D eigenvalue weighted by Crippen LogP contribution is -2.51. The van der Waals surface area contributed by atoms with Crippen LogP contribution in [0.1, 0.15) is 34.6 Å². The van der Waals surface area contributed by atoms with Crippen molar-refractivity contribution < 1.29 is 9.53 Å². The smallest absolute Gasteiger partial charge is 0.422 e. The Morgan fingerprint density at radius 3 is 2.21 bits per heavy atom. The largest absolute Gasteiger partial charge is 0.443 e. The third-order valence-electron chi connectivity index (χ3n) is 1.59. The van der Waals surface area contributed by atoms with Gasteiger partial charge in [-0.15, -0.1) is 0 Å². The van der Waals surface area contributed by atoms with E-state index in [0.717, 1.165) is 0 Å². The van der Waals surface area contributed by atoms with Gasteiger partial charge in [-0.05, 0) is 34.6 Å². The van der Waals surface area contributed by atoms with Crippen molar-refractivity contribution in [2.45, 2.75) is 52.3 Å².